The molecule has 4 heteroatoms. The van der Waals surface area contributed by atoms with Gasteiger partial charge in [0.05, 0.1) is 18.3 Å². The third kappa shape index (κ3) is 2.84. The number of hydrogen-bond acceptors (Lipinski definition) is 4. The molecular weight excluding hydrogens is 226 g/mol. The van der Waals surface area contributed by atoms with E-state index in [1.54, 1.807) is 6.20 Å². The minimum absolute atomic E-state index is 0.291. The molecular formula is C14H17N3O. The van der Waals surface area contributed by atoms with E-state index in [0.29, 0.717) is 6.61 Å². The number of ether oxygens (including phenoxy) is 1. The fourth-order valence-electron chi connectivity index (χ4n) is 1.73. The van der Waals surface area contributed by atoms with Gasteiger partial charge in [0.1, 0.15) is 12.1 Å². The van der Waals surface area contributed by atoms with E-state index >= 15 is 0 Å². The normalized spacial score (nSPS) is 12.1. The first kappa shape index (κ1) is 12.5. The Morgan fingerprint density at radius 2 is 2.11 bits per heavy atom. The standard InChI is InChI=1S/C14H17N3O/c1-2-9-18-13-6-4-3-5-11(13)14(15)12-7-8-16-10-17-12/h3-8,10,14H,2,9,15H2,1H3. The van der Waals surface area contributed by atoms with Crippen LogP contribution in [0.3, 0.4) is 0 Å². The van der Waals surface area contributed by atoms with Crippen molar-refractivity contribution < 1.29 is 4.74 Å². The number of benzene rings is 1. The molecule has 0 aliphatic heterocycles. The van der Waals surface area contributed by atoms with Gasteiger partial charge in [-0.15, -0.1) is 0 Å². The maximum Gasteiger partial charge on any atom is 0.124 e. The Labute approximate surface area is 107 Å². The average molecular weight is 243 g/mol. The first-order valence-electron chi connectivity index (χ1n) is 6.06. The van der Waals surface area contributed by atoms with Crippen LogP contribution in [0.25, 0.3) is 0 Å². The molecule has 0 aliphatic carbocycles. The van der Waals surface area contributed by atoms with Gasteiger partial charge in [0.25, 0.3) is 0 Å². The van der Waals surface area contributed by atoms with Crippen molar-refractivity contribution >= 4 is 0 Å². The zero-order chi connectivity index (χ0) is 12.8. The highest BCUT2D eigenvalue weighted by molar-refractivity contribution is 5.39. The van der Waals surface area contributed by atoms with Crippen LogP contribution in [0.5, 0.6) is 5.75 Å². The van der Waals surface area contributed by atoms with E-state index in [9.17, 15) is 0 Å². The lowest BCUT2D eigenvalue weighted by Crippen LogP contribution is -2.15. The van der Waals surface area contributed by atoms with Crippen LogP contribution in [-0.4, -0.2) is 16.6 Å². The van der Waals surface area contributed by atoms with Crippen molar-refractivity contribution in [1.29, 1.82) is 0 Å². The second kappa shape index (κ2) is 6.12. The summed E-state index contributed by atoms with van der Waals surface area (Å²) in [6.45, 7) is 2.76. The van der Waals surface area contributed by atoms with Crippen molar-refractivity contribution in [2.75, 3.05) is 6.61 Å². The van der Waals surface area contributed by atoms with Crippen LogP contribution in [0.2, 0.25) is 0 Å². The highest BCUT2D eigenvalue weighted by atomic mass is 16.5. The van der Waals surface area contributed by atoms with Crippen molar-refractivity contribution in [3.63, 3.8) is 0 Å². The Hall–Kier alpha value is -1.94. The van der Waals surface area contributed by atoms with Crippen molar-refractivity contribution in [3.05, 3.63) is 54.1 Å². The zero-order valence-electron chi connectivity index (χ0n) is 10.4. The Balaban J connectivity index is 2.27. The molecule has 1 unspecified atom stereocenters. The summed E-state index contributed by atoms with van der Waals surface area (Å²) in [5.41, 5.74) is 7.96. The Bertz CT molecular complexity index is 487. The van der Waals surface area contributed by atoms with Gasteiger partial charge < -0.3 is 10.5 Å². The van der Waals surface area contributed by atoms with Gasteiger partial charge in [0, 0.05) is 11.8 Å². The van der Waals surface area contributed by atoms with Crippen LogP contribution >= 0.6 is 0 Å². The number of para-hydroxylation sites is 1. The molecule has 0 aliphatic rings. The summed E-state index contributed by atoms with van der Waals surface area (Å²) in [6, 6.07) is 9.34. The zero-order valence-corrected chi connectivity index (χ0v) is 10.4. The van der Waals surface area contributed by atoms with Gasteiger partial charge in [0.2, 0.25) is 0 Å². The molecule has 1 heterocycles. The topological polar surface area (TPSA) is 61.0 Å². The minimum atomic E-state index is -0.291. The number of hydrogen-bond donors (Lipinski definition) is 1. The second-order valence-electron chi connectivity index (χ2n) is 4.00. The smallest absolute Gasteiger partial charge is 0.124 e. The molecule has 1 aromatic carbocycles. The molecule has 0 bridgehead atoms. The summed E-state index contributed by atoms with van der Waals surface area (Å²) in [5, 5.41) is 0. The maximum atomic E-state index is 6.22. The van der Waals surface area contributed by atoms with E-state index in [-0.39, 0.29) is 6.04 Å². The molecule has 0 spiro atoms. The largest absolute Gasteiger partial charge is 0.493 e. The SMILES string of the molecule is CCCOc1ccccc1C(N)c1ccncn1. The van der Waals surface area contributed by atoms with Crippen molar-refractivity contribution in [1.82, 2.24) is 9.97 Å². The monoisotopic (exact) mass is 243 g/mol. The lowest BCUT2D eigenvalue weighted by atomic mass is 10.0. The molecule has 2 N–H and O–H groups in total. The molecule has 1 atom stereocenters. The second-order valence-corrected chi connectivity index (χ2v) is 4.00. The van der Waals surface area contributed by atoms with Gasteiger partial charge in [-0.25, -0.2) is 9.97 Å². The van der Waals surface area contributed by atoms with E-state index in [1.165, 1.54) is 6.33 Å². The van der Waals surface area contributed by atoms with Gasteiger partial charge >= 0.3 is 0 Å². The highest BCUT2D eigenvalue weighted by Crippen LogP contribution is 2.27. The Morgan fingerprint density at radius 3 is 2.83 bits per heavy atom. The summed E-state index contributed by atoms with van der Waals surface area (Å²) in [5.74, 6) is 0.825. The number of rotatable bonds is 5. The average Bonchev–Trinajstić information content (AvgIpc) is 2.45. The van der Waals surface area contributed by atoms with Gasteiger partial charge in [-0.1, -0.05) is 25.1 Å². The molecule has 2 aromatic rings. The van der Waals surface area contributed by atoms with E-state index in [2.05, 4.69) is 16.9 Å². The van der Waals surface area contributed by atoms with E-state index in [1.807, 2.05) is 30.3 Å². The molecule has 4 nitrogen and oxygen atoms in total. The Kier molecular flexibility index (Phi) is 4.25. The van der Waals surface area contributed by atoms with Crippen LogP contribution in [-0.2, 0) is 0 Å². The minimum Gasteiger partial charge on any atom is -0.493 e. The van der Waals surface area contributed by atoms with Crippen molar-refractivity contribution in [3.8, 4) is 5.75 Å². The molecule has 0 saturated heterocycles. The quantitative estimate of drug-likeness (QED) is 0.875. The first-order valence-corrected chi connectivity index (χ1v) is 6.06. The van der Waals surface area contributed by atoms with Crippen LogP contribution in [0.1, 0.15) is 30.6 Å². The fraction of sp³-hybridized carbons (Fsp3) is 0.286. The van der Waals surface area contributed by atoms with E-state index in [0.717, 1.165) is 23.4 Å². The molecule has 0 fully saturated rings. The maximum absolute atomic E-state index is 6.22. The predicted octanol–water partition coefficient (Wildman–Crippen LogP) is 2.31. The molecule has 1 aromatic heterocycles. The van der Waals surface area contributed by atoms with Crippen molar-refractivity contribution in [2.24, 2.45) is 5.73 Å². The molecule has 94 valence electrons. The van der Waals surface area contributed by atoms with Crippen LogP contribution < -0.4 is 10.5 Å². The lowest BCUT2D eigenvalue weighted by molar-refractivity contribution is 0.313. The predicted molar refractivity (Wildman–Crippen MR) is 70.3 cm³/mol. The van der Waals surface area contributed by atoms with Crippen LogP contribution in [0.15, 0.2) is 42.9 Å². The third-order valence-electron chi connectivity index (χ3n) is 2.64. The van der Waals surface area contributed by atoms with E-state index in [4.69, 9.17) is 10.5 Å². The number of aromatic nitrogens is 2. The van der Waals surface area contributed by atoms with Crippen LogP contribution in [0.4, 0.5) is 0 Å². The fourth-order valence-corrected chi connectivity index (χ4v) is 1.73. The van der Waals surface area contributed by atoms with Crippen LogP contribution in [0, 0.1) is 0 Å². The summed E-state index contributed by atoms with van der Waals surface area (Å²) in [6.07, 6.45) is 4.17. The molecule has 0 saturated carbocycles. The molecule has 18 heavy (non-hydrogen) atoms. The van der Waals surface area contributed by atoms with Crippen molar-refractivity contribution in [2.45, 2.75) is 19.4 Å². The van der Waals surface area contributed by atoms with Gasteiger partial charge in [-0.2, -0.15) is 0 Å². The van der Waals surface area contributed by atoms with Gasteiger partial charge in [-0.3, -0.25) is 0 Å². The van der Waals surface area contributed by atoms with E-state index < -0.39 is 0 Å². The summed E-state index contributed by atoms with van der Waals surface area (Å²) in [4.78, 5) is 8.08. The Morgan fingerprint density at radius 1 is 1.28 bits per heavy atom. The summed E-state index contributed by atoms with van der Waals surface area (Å²) in [7, 11) is 0. The molecule has 2 rings (SSSR count). The highest BCUT2D eigenvalue weighted by Gasteiger charge is 2.14. The third-order valence-corrected chi connectivity index (χ3v) is 2.64. The summed E-state index contributed by atoms with van der Waals surface area (Å²) < 4.78 is 5.71. The first-order chi connectivity index (χ1) is 8.83. The lowest BCUT2D eigenvalue weighted by Gasteiger charge is -2.16. The van der Waals surface area contributed by atoms with Gasteiger partial charge in [0.15, 0.2) is 0 Å². The number of nitrogens with two attached hydrogens (primary N) is 1. The summed E-state index contributed by atoms with van der Waals surface area (Å²) >= 11 is 0. The molecule has 0 radical (unpaired) electrons. The molecule has 0 amide bonds. The number of nitrogens with zero attached hydrogens (tertiary/aromatic N) is 2. The van der Waals surface area contributed by atoms with Gasteiger partial charge in [-0.05, 0) is 18.6 Å².